The first-order valence-corrected chi connectivity index (χ1v) is 7.34. The van der Waals surface area contributed by atoms with Gasteiger partial charge in [-0.05, 0) is 38.6 Å². The molecule has 2 aromatic rings. The Morgan fingerprint density at radius 3 is 2.50 bits per heavy atom. The Bertz CT molecular complexity index is 596. The van der Waals surface area contributed by atoms with Gasteiger partial charge in [0.2, 0.25) is 0 Å². The zero-order valence-electron chi connectivity index (χ0n) is 12.5. The fourth-order valence-electron chi connectivity index (χ4n) is 1.98. The highest BCUT2D eigenvalue weighted by Crippen LogP contribution is 2.36. The van der Waals surface area contributed by atoms with Gasteiger partial charge in [0.1, 0.15) is 16.5 Å². The van der Waals surface area contributed by atoms with Gasteiger partial charge in [0.25, 0.3) is 0 Å². The quantitative estimate of drug-likeness (QED) is 0.917. The van der Waals surface area contributed by atoms with Gasteiger partial charge in [0, 0.05) is 10.9 Å². The molecule has 1 aromatic heterocycles. The molecule has 0 aliphatic heterocycles. The molecule has 0 bridgehead atoms. The molecule has 0 saturated carbocycles. The van der Waals surface area contributed by atoms with E-state index in [4.69, 9.17) is 9.47 Å². The lowest BCUT2D eigenvalue weighted by atomic mass is 10.1. The summed E-state index contributed by atoms with van der Waals surface area (Å²) in [7, 11) is 5.28. The zero-order chi connectivity index (χ0) is 14.7. The van der Waals surface area contributed by atoms with Gasteiger partial charge in [-0.1, -0.05) is 0 Å². The van der Waals surface area contributed by atoms with Crippen LogP contribution in [0.1, 0.15) is 23.5 Å². The van der Waals surface area contributed by atoms with Gasteiger partial charge in [0.05, 0.1) is 26.0 Å². The number of nitrogens with zero attached hydrogens (tertiary/aromatic N) is 1. The summed E-state index contributed by atoms with van der Waals surface area (Å²) >= 11 is 1.64. The molecule has 0 aliphatic carbocycles. The monoisotopic (exact) mass is 292 g/mol. The minimum atomic E-state index is 0.243. The second-order valence-corrected chi connectivity index (χ2v) is 5.49. The fourth-order valence-corrected chi connectivity index (χ4v) is 2.87. The highest BCUT2D eigenvalue weighted by atomic mass is 32.1. The van der Waals surface area contributed by atoms with Gasteiger partial charge in [-0.2, -0.15) is 0 Å². The van der Waals surface area contributed by atoms with E-state index in [2.05, 4.69) is 22.6 Å². The zero-order valence-corrected chi connectivity index (χ0v) is 13.3. The van der Waals surface area contributed by atoms with Gasteiger partial charge in [-0.25, -0.2) is 4.98 Å². The maximum atomic E-state index is 5.47. The van der Waals surface area contributed by atoms with Crippen molar-refractivity contribution in [2.75, 3.05) is 21.3 Å². The summed E-state index contributed by atoms with van der Waals surface area (Å²) in [4.78, 5) is 4.69. The van der Waals surface area contributed by atoms with Crippen LogP contribution >= 0.6 is 11.3 Å². The van der Waals surface area contributed by atoms with E-state index in [-0.39, 0.29) is 6.04 Å². The predicted octanol–water partition coefficient (Wildman–Crippen LogP) is 3.42. The molecule has 0 saturated heterocycles. The number of aromatic nitrogens is 1. The predicted molar refractivity (Wildman–Crippen MR) is 82.9 cm³/mol. The Hall–Kier alpha value is -1.59. The van der Waals surface area contributed by atoms with Crippen LogP contribution in [0.2, 0.25) is 0 Å². The highest BCUT2D eigenvalue weighted by Gasteiger charge is 2.15. The normalized spacial score (nSPS) is 12.2. The van der Waals surface area contributed by atoms with Crippen molar-refractivity contribution < 1.29 is 9.47 Å². The number of aryl methyl sites for hydroxylation is 1. The van der Waals surface area contributed by atoms with Crippen LogP contribution in [0.4, 0.5) is 0 Å². The van der Waals surface area contributed by atoms with Crippen LogP contribution in [-0.4, -0.2) is 26.3 Å². The lowest BCUT2D eigenvalue weighted by molar-refractivity contribution is 0.401. The minimum Gasteiger partial charge on any atom is -0.496 e. The molecule has 1 N–H and O–H groups in total. The maximum absolute atomic E-state index is 5.47. The Balaban J connectivity index is 2.48. The Kier molecular flexibility index (Phi) is 4.62. The molecule has 0 radical (unpaired) electrons. The van der Waals surface area contributed by atoms with Crippen LogP contribution in [0.5, 0.6) is 11.5 Å². The molecule has 5 heteroatoms. The minimum absolute atomic E-state index is 0.243. The summed E-state index contributed by atoms with van der Waals surface area (Å²) in [5, 5.41) is 6.31. The van der Waals surface area contributed by atoms with Crippen molar-refractivity contribution in [3.63, 3.8) is 0 Å². The van der Waals surface area contributed by atoms with Crippen molar-refractivity contribution in [2.24, 2.45) is 0 Å². The van der Waals surface area contributed by atoms with E-state index >= 15 is 0 Å². The average molecular weight is 292 g/mol. The smallest absolute Gasteiger partial charge is 0.128 e. The Morgan fingerprint density at radius 2 is 1.90 bits per heavy atom. The summed E-state index contributed by atoms with van der Waals surface area (Å²) in [5.74, 6) is 1.66. The van der Waals surface area contributed by atoms with Gasteiger partial charge in [-0.3, -0.25) is 0 Å². The second-order valence-electron chi connectivity index (χ2n) is 4.60. The summed E-state index contributed by atoms with van der Waals surface area (Å²) in [6, 6.07) is 4.21. The van der Waals surface area contributed by atoms with E-state index < -0.39 is 0 Å². The molecule has 1 unspecified atom stereocenters. The third kappa shape index (κ3) is 2.78. The first kappa shape index (κ1) is 14.8. The van der Waals surface area contributed by atoms with Crippen LogP contribution in [0.15, 0.2) is 17.5 Å². The fraction of sp³-hybridized carbons (Fsp3) is 0.400. The number of nitrogens with one attached hydrogen (secondary N) is 1. The Labute approximate surface area is 123 Å². The summed E-state index contributed by atoms with van der Waals surface area (Å²) in [6.07, 6.45) is 0. The van der Waals surface area contributed by atoms with E-state index in [9.17, 15) is 0 Å². The average Bonchev–Trinajstić information content (AvgIpc) is 2.95. The molecular formula is C15H20N2O2S. The van der Waals surface area contributed by atoms with E-state index in [1.165, 1.54) is 0 Å². The third-order valence-electron chi connectivity index (χ3n) is 3.32. The number of rotatable bonds is 5. The number of methoxy groups -OCH3 is 2. The lowest BCUT2D eigenvalue weighted by Gasteiger charge is -2.11. The maximum Gasteiger partial charge on any atom is 0.128 e. The van der Waals surface area contributed by atoms with Crippen LogP contribution in [0, 0.1) is 6.92 Å². The molecule has 2 rings (SSSR count). The summed E-state index contributed by atoms with van der Waals surface area (Å²) < 4.78 is 10.9. The molecule has 0 aliphatic rings. The van der Waals surface area contributed by atoms with Crippen molar-refractivity contribution in [3.8, 4) is 22.8 Å². The van der Waals surface area contributed by atoms with Gasteiger partial charge >= 0.3 is 0 Å². The number of benzene rings is 1. The molecule has 1 atom stereocenters. The molecule has 1 heterocycles. The molecule has 0 spiro atoms. The van der Waals surface area contributed by atoms with Crippen molar-refractivity contribution in [2.45, 2.75) is 19.9 Å². The van der Waals surface area contributed by atoms with E-state index in [1.54, 1.807) is 25.6 Å². The summed E-state index contributed by atoms with van der Waals surface area (Å²) in [5.41, 5.74) is 2.93. The number of thiazole rings is 1. The van der Waals surface area contributed by atoms with E-state index in [0.29, 0.717) is 0 Å². The van der Waals surface area contributed by atoms with Crippen molar-refractivity contribution >= 4 is 11.3 Å². The van der Waals surface area contributed by atoms with Crippen LogP contribution in [-0.2, 0) is 0 Å². The molecule has 4 nitrogen and oxygen atoms in total. The second kappa shape index (κ2) is 6.24. The first-order chi connectivity index (χ1) is 9.60. The van der Waals surface area contributed by atoms with Gasteiger partial charge in [0.15, 0.2) is 0 Å². The molecule has 1 aromatic carbocycles. The third-order valence-corrected chi connectivity index (χ3v) is 4.35. The largest absolute Gasteiger partial charge is 0.496 e. The van der Waals surface area contributed by atoms with Crippen molar-refractivity contribution in [3.05, 3.63) is 28.1 Å². The van der Waals surface area contributed by atoms with Crippen LogP contribution in [0.3, 0.4) is 0 Å². The number of hydrogen-bond acceptors (Lipinski definition) is 5. The molecule has 0 fully saturated rings. The Morgan fingerprint density at radius 1 is 1.20 bits per heavy atom. The van der Waals surface area contributed by atoms with E-state index in [0.717, 1.165) is 33.3 Å². The highest BCUT2D eigenvalue weighted by molar-refractivity contribution is 7.10. The van der Waals surface area contributed by atoms with Crippen molar-refractivity contribution in [1.82, 2.24) is 10.3 Å². The lowest BCUT2D eigenvalue weighted by Crippen LogP contribution is -2.11. The summed E-state index contributed by atoms with van der Waals surface area (Å²) in [6.45, 7) is 4.09. The molecule has 108 valence electrons. The number of ether oxygens (including phenoxy) is 2. The van der Waals surface area contributed by atoms with Crippen molar-refractivity contribution in [1.29, 1.82) is 0 Å². The number of hydrogen-bond donors (Lipinski definition) is 1. The van der Waals surface area contributed by atoms with E-state index in [1.807, 2.05) is 26.1 Å². The standard InChI is InChI=1S/C15H20N2O2S/c1-9-6-14(19-5)11(7-13(9)18-4)12-8-20-15(17-12)10(2)16-3/h6-8,10,16H,1-5H3. The molecular weight excluding hydrogens is 272 g/mol. The molecule has 20 heavy (non-hydrogen) atoms. The SMILES string of the molecule is CNC(C)c1nc(-c2cc(OC)c(C)cc2OC)cs1. The topological polar surface area (TPSA) is 43.4 Å². The van der Waals surface area contributed by atoms with Crippen LogP contribution in [0.25, 0.3) is 11.3 Å². The first-order valence-electron chi connectivity index (χ1n) is 6.46. The molecule has 0 amide bonds. The van der Waals surface area contributed by atoms with Crippen LogP contribution < -0.4 is 14.8 Å². The van der Waals surface area contributed by atoms with Gasteiger partial charge in [-0.15, -0.1) is 11.3 Å². The van der Waals surface area contributed by atoms with Gasteiger partial charge < -0.3 is 14.8 Å².